The second-order valence-corrected chi connectivity index (χ2v) is 18.6. The van der Waals surface area contributed by atoms with E-state index >= 15 is 0 Å². The van der Waals surface area contributed by atoms with Crippen LogP contribution in [-0.4, -0.2) is 64.5 Å². The molecule has 1 fully saturated rings. The van der Waals surface area contributed by atoms with E-state index in [1.807, 2.05) is 18.2 Å². The minimum absolute atomic E-state index is 0.0421. The fourth-order valence-corrected chi connectivity index (χ4v) is 13.6. The Morgan fingerprint density at radius 1 is 0.947 bits per heavy atom. The Morgan fingerprint density at radius 2 is 1.50 bits per heavy atom. The normalized spacial score (nSPS) is 21.3. The third kappa shape index (κ3) is 5.77. The molecule has 0 spiro atoms. The predicted octanol–water partition coefficient (Wildman–Crippen LogP) is 5.49. The van der Waals surface area contributed by atoms with Crippen LogP contribution in [0.2, 0.25) is 16.6 Å². The van der Waals surface area contributed by atoms with Gasteiger partial charge in [0.2, 0.25) is 18.3 Å². The number of hydrogen-bond acceptors (Lipinski definition) is 6. The first kappa shape index (κ1) is 30.5. The van der Waals surface area contributed by atoms with Crippen LogP contribution in [-0.2, 0) is 19.2 Å². The van der Waals surface area contributed by atoms with Crippen LogP contribution in [0.5, 0.6) is 0 Å². The second-order valence-electron chi connectivity index (χ2n) is 11.3. The number of aliphatic hydroxyl groups excluding tert-OH is 1. The molecule has 0 amide bonds. The SMILES string of the molecule is COC(=O)c1ccc([C@@H]2[C@@H](O)CN(S(=O)(=O)c3ccccc3C)C[C@H]2O[Si](C(C)C)(C(C)C)C(C)C)cc1. The monoisotopic (exact) mass is 561 g/mol. The molecular weight excluding hydrogens is 518 g/mol. The van der Waals surface area contributed by atoms with Gasteiger partial charge in [-0.3, -0.25) is 0 Å². The first-order chi connectivity index (χ1) is 17.8. The smallest absolute Gasteiger partial charge is 0.337 e. The Hall–Kier alpha value is -2.04. The number of esters is 1. The van der Waals surface area contributed by atoms with Crippen molar-refractivity contribution in [1.82, 2.24) is 4.31 Å². The van der Waals surface area contributed by atoms with Crippen LogP contribution >= 0.6 is 0 Å². The number of rotatable bonds is 9. The number of aliphatic hydroxyl groups is 1. The highest BCUT2D eigenvalue weighted by atomic mass is 32.2. The lowest BCUT2D eigenvalue weighted by molar-refractivity contribution is 0.00145. The van der Waals surface area contributed by atoms with Crippen molar-refractivity contribution in [2.24, 2.45) is 0 Å². The largest absolute Gasteiger partial charge is 0.465 e. The predicted molar refractivity (Wildman–Crippen MR) is 152 cm³/mol. The summed E-state index contributed by atoms with van der Waals surface area (Å²) in [6.07, 6.45) is -1.55. The summed E-state index contributed by atoms with van der Waals surface area (Å²) in [4.78, 5) is 12.2. The number of piperidine rings is 1. The van der Waals surface area contributed by atoms with Crippen molar-refractivity contribution in [3.63, 3.8) is 0 Å². The number of hydrogen-bond donors (Lipinski definition) is 1. The Bertz CT molecular complexity index is 1190. The summed E-state index contributed by atoms with van der Waals surface area (Å²) in [5.74, 6) is -0.886. The van der Waals surface area contributed by atoms with Crippen molar-refractivity contribution in [1.29, 1.82) is 0 Å². The number of benzene rings is 2. The van der Waals surface area contributed by atoms with E-state index in [-0.39, 0.29) is 34.6 Å². The molecule has 1 aliphatic heterocycles. The highest BCUT2D eigenvalue weighted by molar-refractivity contribution is 7.89. The molecule has 1 N–H and O–H groups in total. The van der Waals surface area contributed by atoms with Crippen molar-refractivity contribution < 1.29 is 27.5 Å². The Labute approximate surface area is 229 Å². The first-order valence-corrected chi connectivity index (χ1v) is 16.9. The Balaban J connectivity index is 2.10. The zero-order chi connectivity index (χ0) is 28.4. The number of carbonyl (C=O) groups excluding carboxylic acids is 1. The molecule has 0 saturated carbocycles. The molecule has 1 saturated heterocycles. The molecule has 0 bridgehead atoms. The molecule has 210 valence electrons. The van der Waals surface area contributed by atoms with Gasteiger partial charge in [-0.2, -0.15) is 4.31 Å². The quantitative estimate of drug-likeness (QED) is 0.321. The third-order valence-electron chi connectivity index (χ3n) is 8.08. The van der Waals surface area contributed by atoms with Gasteiger partial charge in [0.25, 0.3) is 0 Å². The molecule has 3 rings (SSSR count). The fourth-order valence-electron chi connectivity index (χ4n) is 6.32. The minimum Gasteiger partial charge on any atom is -0.465 e. The lowest BCUT2D eigenvalue weighted by Crippen LogP contribution is -2.59. The van der Waals surface area contributed by atoms with Crippen LogP contribution in [0.15, 0.2) is 53.4 Å². The van der Waals surface area contributed by atoms with Gasteiger partial charge < -0.3 is 14.3 Å². The number of sulfonamides is 1. The summed E-state index contributed by atoms with van der Waals surface area (Å²) in [5, 5.41) is 11.5. The topological polar surface area (TPSA) is 93.1 Å². The van der Waals surface area contributed by atoms with E-state index in [1.54, 1.807) is 37.3 Å². The van der Waals surface area contributed by atoms with E-state index in [0.717, 1.165) is 5.56 Å². The van der Waals surface area contributed by atoms with Crippen molar-refractivity contribution in [2.45, 2.75) is 88.1 Å². The van der Waals surface area contributed by atoms with Gasteiger partial charge in [-0.15, -0.1) is 0 Å². The summed E-state index contributed by atoms with van der Waals surface area (Å²) >= 11 is 0. The van der Waals surface area contributed by atoms with E-state index in [1.165, 1.54) is 11.4 Å². The van der Waals surface area contributed by atoms with Crippen molar-refractivity contribution >= 4 is 24.3 Å². The number of carbonyl (C=O) groups is 1. The summed E-state index contributed by atoms with van der Waals surface area (Å²) < 4.78 is 40.9. The van der Waals surface area contributed by atoms with E-state index in [4.69, 9.17) is 9.16 Å². The summed E-state index contributed by atoms with van der Waals surface area (Å²) in [5.41, 5.74) is 2.73. The van der Waals surface area contributed by atoms with Gasteiger partial charge >= 0.3 is 5.97 Å². The number of methoxy groups -OCH3 is 1. The molecule has 0 unspecified atom stereocenters. The summed E-state index contributed by atoms with van der Waals surface area (Å²) in [7, 11) is -4.96. The first-order valence-electron chi connectivity index (χ1n) is 13.4. The van der Waals surface area contributed by atoms with E-state index < -0.39 is 42.4 Å². The van der Waals surface area contributed by atoms with E-state index in [2.05, 4.69) is 41.5 Å². The Kier molecular flexibility index (Phi) is 9.63. The molecular formula is C29H43NO6SSi. The number of β-amino-alcohol motifs (C(OH)–C–C–N with tert-alkyl or cyclic N) is 1. The van der Waals surface area contributed by atoms with Gasteiger partial charge in [-0.1, -0.05) is 71.9 Å². The zero-order valence-corrected chi connectivity index (χ0v) is 25.7. The van der Waals surface area contributed by atoms with Crippen molar-refractivity contribution in [3.8, 4) is 0 Å². The van der Waals surface area contributed by atoms with Crippen LogP contribution in [0.3, 0.4) is 0 Å². The molecule has 2 aromatic carbocycles. The molecule has 9 heteroatoms. The molecule has 2 aromatic rings. The highest BCUT2D eigenvalue weighted by Crippen LogP contribution is 2.46. The average Bonchev–Trinajstić information content (AvgIpc) is 2.86. The maximum Gasteiger partial charge on any atom is 0.337 e. The molecule has 38 heavy (non-hydrogen) atoms. The van der Waals surface area contributed by atoms with Gasteiger partial charge in [-0.25, -0.2) is 13.2 Å². The molecule has 0 radical (unpaired) electrons. The fraction of sp³-hybridized carbons (Fsp3) is 0.552. The molecule has 0 aromatic heterocycles. The highest BCUT2D eigenvalue weighted by Gasteiger charge is 2.51. The van der Waals surface area contributed by atoms with Crippen LogP contribution in [0, 0.1) is 6.92 Å². The van der Waals surface area contributed by atoms with E-state index in [9.17, 15) is 18.3 Å². The van der Waals surface area contributed by atoms with Crippen LogP contribution in [0.4, 0.5) is 0 Å². The Morgan fingerprint density at radius 3 is 2.00 bits per heavy atom. The lowest BCUT2D eigenvalue weighted by atomic mass is 9.85. The number of aryl methyl sites for hydroxylation is 1. The third-order valence-corrected chi connectivity index (χ3v) is 16.2. The number of ether oxygens (including phenoxy) is 1. The molecule has 7 nitrogen and oxygen atoms in total. The average molecular weight is 562 g/mol. The standard InChI is InChI=1S/C29H43NO6SSi/c1-19(2)38(20(3)4,21(5)6)36-26-18-30(37(33,34)27-12-10-9-11-22(27)7)17-25(31)28(26)23-13-15-24(16-14-23)29(32)35-8/h9-16,19-21,25-26,28,31H,17-18H2,1-8H3/t25-,26+,28+/m0/s1. The molecule has 1 aliphatic rings. The van der Waals surface area contributed by atoms with Crippen molar-refractivity contribution in [3.05, 3.63) is 65.2 Å². The maximum absolute atomic E-state index is 13.8. The minimum atomic E-state index is -3.85. The summed E-state index contributed by atoms with van der Waals surface area (Å²) in [6.45, 7) is 15.0. The van der Waals surface area contributed by atoms with Gasteiger partial charge in [0.05, 0.1) is 29.8 Å². The maximum atomic E-state index is 13.8. The zero-order valence-electron chi connectivity index (χ0n) is 23.8. The van der Waals surface area contributed by atoms with Crippen LogP contribution < -0.4 is 0 Å². The number of nitrogens with zero attached hydrogens (tertiary/aromatic N) is 1. The molecule has 3 atom stereocenters. The van der Waals surface area contributed by atoms with Crippen LogP contribution in [0.1, 0.15) is 68.9 Å². The van der Waals surface area contributed by atoms with Gasteiger partial charge in [0.1, 0.15) is 0 Å². The second kappa shape index (κ2) is 12.0. The van der Waals surface area contributed by atoms with Gasteiger partial charge in [0.15, 0.2) is 0 Å². The van der Waals surface area contributed by atoms with Crippen molar-refractivity contribution in [2.75, 3.05) is 20.2 Å². The van der Waals surface area contributed by atoms with Gasteiger partial charge in [0, 0.05) is 19.0 Å². The molecule has 0 aliphatic carbocycles. The lowest BCUT2D eigenvalue weighted by Gasteiger charge is -2.49. The van der Waals surface area contributed by atoms with Crippen LogP contribution in [0.25, 0.3) is 0 Å². The summed E-state index contributed by atoms with van der Waals surface area (Å²) in [6, 6.07) is 13.9. The van der Waals surface area contributed by atoms with E-state index in [0.29, 0.717) is 11.1 Å². The van der Waals surface area contributed by atoms with Gasteiger partial charge in [-0.05, 0) is 52.9 Å². The molecule has 1 heterocycles.